The number of ketones is 1. The van der Waals surface area contributed by atoms with Crippen molar-refractivity contribution in [3.63, 3.8) is 0 Å². The summed E-state index contributed by atoms with van der Waals surface area (Å²) in [6, 6.07) is 9.17. The number of hydrogen-bond donors (Lipinski definition) is 0. The van der Waals surface area contributed by atoms with E-state index in [-0.39, 0.29) is 12.7 Å². The van der Waals surface area contributed by atoms with Crippen LogP contribution >= 0.6 is 0 Å². The fourth-order valence-electron chi connectivity index (χ4n) is 7.76. The molecule has 1 spiro atoms. The van der Waals surface area contributed by atoms with Gasteiger partial charge in [0.2, 0.25) is 0 Å². The van der Waals surface area contributed by atoms with Gasteiger partial charge in [-0.15, -0.1) is 0 Å². The smallest absolute Gasteiger partial charge is 0.256 e. The van der Waals surface area contributed by atoms with Gasteiger partial charge in [0, 0.05) is 61.5 Å². The van der Waals surface area contributed by atoms with Crippen molar-refractivity contribution in [2.45, 2.75) is 62.4 Å². The molecule has 0 radical (unpaired) electrons. The number of piperazine rings is 1. The van der Waals surface area contributed by atoms with Crippen LogP contribution in [0.2, 0.25) is 0 Å². The maximum Gasteiger partial charge on any atom is 0.256 e. The second kappa shape index (κ2) is 8.60. The van der Waals surface area contributed by atoms with Crippen LogP contribution in [0.4, 0.5) is 0 Å². The summed E-state index contributed by atoms with van der Waals surface area (Å²) in [7, 11) is 4.33. The number of amides is 1. The number of likely N-dealkylation sites (tertiary alicyclic amines) is 2. The third-order valence-corrected chi connectivity index (χ3v) is 9.78. The Labute approximate surface area is 220 Å². The zero-order chi connectivity index (χ0) is 25.3. The van der Waals surface area contributed by atoms with Crippen molar-refractivity contribution in [2.24, 2.45) is 0 Å². The topological polar surface area (TPSA) is 56.8 Å². The van der Waals surface area contributed by atoms with Crippen LogP contribution in [0.15, 0.2) is 36.5 Å². The monoisotopic (exact) mass is 498 g/mol. The zero-order valence-electron chi connectivity index (χ0n) is 22.0. The van der Waals surface area contributed by atoms with Crippen LogP contribution in [0.25, 0.3) is 5.57 Å². The number of likely N-dealkylation sites (N-methyl/N-ethyl adjacent to an activating group) is 1. The molecule has 2 atom stereocenters. The number of pyridine rings is 1. The summed E-state index contributed by atoms with van der Waals surface area (Å²) >= 11 is 0. The Morgan fingerprint density at radius 1 is 1.03 bits per heavy atom. The molecule has 5 aliphatic rings. The maximum absolute atomic E-state index is 13.7. The van der Waals surface area contributed by atoms with Gasteiger partial charge in [0.25, 0.3) is 5.91 Å². The average molecular weight is 499 g/mol. The number of rotatable bonds is 2. The minimum atomic E-state index is -0.0241. The second-order valence-electron chi connectivity index (χ2n) is 12.1. The predicted molar refractivity (Wildman–Crippen MR) is 146 cm³/mol. The predicted octanol–water partition coefficient (Wildman–Crippen LogP) is 4.17. The summed E-state index contributed by atoms with van der Waals surface area (Å²) in [5.41, 5.74) is 7.30. The Hall–Kier alpha value is -2.83. The molecular formula is C31H38N4O2. The molecule has 0 saturated carbocycles. The number of aryl methyl sites for hydroxylation is 1. The van der Waals surface area contributed by atoms with Gasteiger partial charge in [0.15, 0.2) is 5.78 Å². The molecule has 2 aromatic rings. The number of carbonyl (C=O) groups excluding carboxylic acids is 2. The van der Waals surface area contributed by atoms with E-state index < -0.39 is 0 Å². The van der Waals surface area contributed by atoms with Gasteiger partial charge in [-0.25, -0.2) is 0 Å². The average Bonchev–Trinajstić information content (AvgIpc) is 3.34. The van der Waals surface area contributed by atoms with E-state index in [9.17, 15) is 9.59 Å². The Morgan fingerprint density at radius 3 is 2.54 bits per heavy atom. The number of nitrogens with zero attached hydrogens (tertiary/aromatic N) is 4. The highest BCUT2D eigenvalue weighted by atomic mass is 16.2. The summed E-state index contributed by atoms with van der Waals surface area (Å²) < 4.78 is 0. The van der Waals surface area contributed by atoms with Crippen molar-refractivity contribution >= 4 is 17.3 Å². The van der Waals surface area contributed by atoms with Crippen LogP contribution in [0, 0.1) is 0 Å². The molecule has 194 valence electrons. The molecule has 0 N–H and O–H groups in total. The minimum absolute atomic E-state index is 0. The Bertz CT molecular complexity index is 1320. The van der Waals surface area contributed by atoms with Gasteiger partial charge in [-0.2, -0.15) is 0 Å². The number of fused-ring (bicyclic) bond motifs is 5. The van der Waals surface area contributed by atoms with E-state index in [1.807, 2.05) is 0 Å². The lowest BCUT2D eigenvalue weighted by Gasteiger charge is -2.39. The molecule has 2 bridgehead atoms. The zero-order valence-corrected chi connectivity index (χ0v) is 22.0. The number of hydrogen-bond acceptors (Lipinski definition) is 5. The third-order valence-electron chi connectivity index (χ3n) is 9.78. The van der Waals surface area contributed by atoms with E-state index in [1.165, 1.54) is 5.56 Å². The van der Waals surface area contributed by atoms with Gasteiger partial charge in [-0.3, -0.25) is 14.6 Å². The van der Waals surface area contributed by atoms with E-state index in [1.54, 1.807) is 6.20 Å². The van der Waals surface area contributed by atoms with Gasteiger partial charge in [0.1, 0.15) is 0 Å². The van der Waals surface area contributed by atoms with E-state index in [0.717, 1.165) is 92.7 Å². The fourth-order valence-corrected chi connectivity index (χ4v) is 7.76. The van der Waals surface area contributed by atoms with Crippen LogP contribution in [0.3, 0.4) is 0 Å². The number of aromatic nitrogens is 1. The molecule has 37 heavy (non-hydrogen) atoms. The SMILES string of the molecule is CN1CCC2(CC1)CC(=O)c1ccc(C3=CCCc4ncc(C(=O)N5C6CCC5CN(C)C6)cc43)cc12.[HH]. The summed E-state index contributed by atoms with van der Waals surface area (Å²) in [5.74, 6) is 0.422. The number of allylic oxidation sites excluding steroid dienone is 1. The van der Waals surface area contributed by atoms with Crippen LogP contribution in [0.5, 0.6) is 0 Å². The lowest BCUT2D eigenvalue weighted by molar-refractivity contribution is 0.0472. The Morgan fingerprint density at radius 2 is 1.78 bits per heavy atom. The maximum atomic E-state index is 13.7. The van der Waals surface area contributed by atoms with Crippen LogP contribution in [-0.4, -0.2) is 83.7 Å². The number of Topliss-reactive ketones (excluding diaryl/α,β-unsaturated/α-hetero) is 1. The Balaban J connectivity index is 0.00000264. The van der Waals surface area contributed by atoms with Gasteiger partial charge in [-0.1, -0.05) is 18.2 Å². The van der Waals surface area contributed by atoms with Crippen molar-refractivity contribution in [1.29, 1.82) is 0 Å². The standard InChI is InChI=1S/C31H36N4O2.H2/c1-33-12-10-31(11-13-33)16-29(36)25-9-6-20(15-27(25)31)24-4-3-5-28-26(24)14-21(17-32-28)30(37)35-22-7-8-23(35)19-34(2)18-22;/h4,6,9,14-15,17,22-23H,3,5,7-8,10-13,16,18-19H2,1-2H3;1H. The summed E-state index contributed by atoms with van der Waals surface area (Å²) in [4.78, 5) is 38.4. The van der Waals surface area contributed by atoms with E-state index in [2.05, 4.69) is 59.1 Å². The molecule has 2 aliphatic carbocycles. The number of benzene rings is 1. The second-order valence-corrected chi connectivity index (χ2v) is 12.1. The summed E-state index contributed by atoms with van der Waals surface area (Å²) in [6.07, 6.45) is 10.8. The van der Waals surface area contributed by atoms with Crippen molar-refractivity contribution < 1.29 is 11.0 Å². The first kappa shape index (κ1) is 23.3. The lowest BCUT2D eigenvalue weighted by Crippen LogP contribution is -2.54. The van der Waals surface area contributed by atoms with Crippen molar-refractivity contribution in [3.8, 4) is 0 Å². The highest BCUT2D eigenvalue weighted by Gasteiger charge is 2.45. The number of piperidine rings is 1. The molecule has 6 heteroatoms. The molecule has 3 aliphatic heterocycles. The largest absolute Gasteiger partial charge is 0.330 e. The molecule has 2 unspecified atom stereocenters. The van der Waals surface area contributed by atoms with Crippen molar-refractivity contribution in [2.75, 3.05) is 40.3 Å². The molecule has 7 rings (SSSR count). The first-order valence-electron chi connectivity index (χ1n) is 14.0. The van der Waals surface area contributed by atoms with E-state index in [0.29, 0.717) is 29.9 Å². The normalized spacial score (nSPS) is 26.8. The lowest BCUT2D eigenvalue weighted by atomic mass is 9.73. The van der Waals surface area contributed by atoms with Crippen LogP contribution in [0.1, 0.15) is 83.1 Å². The molecule has 1 amide bonds. The minimum Gasteiger partial charge on any atom is -0.330 e. The van der Waals surface area contributed by atoms with E-state index in [4.69, 9.17) is 4.98 Å². The molecule has 1 aromatic carbocycles. The van der Waals surface area contributed by atoms with Crippen LogP contribution < -0.4 is 0 Å². The molecule has 1 aromatic heterocycles. The first-order chi connectivity index (χ1) is 17.9. The van der Waals surface area contributed by atoms with Gasteiger partial charge >= 0.3 is 0 Å². The highest BCUT2D eigenvalue weighted by molar-refractivity contribution is 6.03. The van der Waals surface area contributed by atoms with Gasteiger partial charge in [0.05, 0.1) is 5.56 Å². The number of carbonyl (C=O) groups is 2. The Kier molecular flexibility index (Phi) is 5.42. The fraction of sp³-hybridized carbons (Fsp3) is 0.516. The molecule has 3 fully saturated rings. The molecule has 6 nitrogen and oxygen atoms in total. The highest BCUT2D eigenvalue weighted by Crippen LogP contribution is 2.47. The molecular weight excluding hydrogens is 460 g/mol. The molecule has 3 saturated heterocycles. The van der Waals surface area contributed by atoms with Gasteiger partial charge < -0.3 is 14.7 Å². The van der Waals surface area contributed by atoms with Crippen molar-refractivity contribution in [1.82, 2.24) is 19.7 Å². The quantitative estimate of drug-likeness (QED) is 0.622. The van der Waals surface area contributed by atoms with Gasteiger partial charge in [-0.05, 0) is 94.5 Å². The van der Waals surface area contributed by atoms with E-state index >= 15 is 0 Å². The summed E-state index contributed by atoms with van der Waals surface area (Å²) in [5, 5.41) is 0. The first-order valence-corrected chi connectivity index (χ1v) is 14.0. The third kappa shape index (κ3) is 3.71. The summed E-state index contributed by atoms with van der Waals surface area (Å²) in [6.45, 7) is 3.98. The van der Waals surface area contributed by atoms with Crippen molar-refractivity contribution in [3.05, 3.63) is 70.0 Å². The van der Waals surface area contributed by atoms with Crippen LogP contribution in [-0.2, 0) is 11.8 Å². The molecule has 4 heterocycles.